The summed E-state index contributed by atoms with van der Waals surface area (Å²) in [6.45, 7) is 5.80. The van der Waals surface area contributed by atoms with Gasteiger partial charge in [-0.15, -0.1) is 0 Å². The van der Waals surface area contributed by atoms with Gasteiger partial charge in [0.2, 0.25) is 5.91 Å². The predicted octanol–water partition coefficient (Wildman–Crippen LogP) is 2.28. The largest absolute Gasteiger partial charge is 0.506 e. The van der Waals surface area contributed by atoms with Gasteiger partial charge in [-0.25, -0.2) is 4.98 Å². The Bertz CT molecular complexity index is 1040. The molecule has 3 N–H and O–H groups in total. The van der Waals surface area contributed by atoms with E-state index >= 15 is 0 Å². The average Bonchev–Trinajstić information content (AvgIpc) is 3.04. The molecule has 11 heteroatoms. The van der Waals surface area contributed by atoms with Crippen LogP contribution < -0.4 is 10.6 Å². The van der Waals surface area contributed by atoms with Crippen molar-refractivity contribution < 1.29 is 27.9 Å². The molecule has 1 fully saturated rings. The first kappa shape index (κ1) is 23.2. The molecule has 0 bridgehead atoms. The molecular weight excluding hydrogens is 427 g/mol. The number of carbonyl (C=O) groups excluding carboxylic acids is 2. The molecule has 1 aromatic carbocycles. The number of hydrogen-bond donors (Lipinski definition) is 3. The summed E-state index contributed by atoms with van der Waals surface area (Å²) in [5, 5.41) is 15.8. The molecule has 1 aliphatic heterocycles. The molecule has 32 heavy (non-hydrogen) atoms. The van der Waals surface area contributed by atoms with Gasteiger partial charge in [0.25, 0.3) is 5.91 Å². The third-order valence-corrected chi connectivity index (χ3v) is 5.30. The normalized spacial score (nSPS) is 14.1. The molecule has 0 spiro atoms. The van der Waals surface area contributed by atoms with Crippen LogP contribution in [-0.2, 0) is 24.8 Å². The number of phenolic OH excluding ortho intramolecular Hbond substituents is 1. The number of likely N-dealkylation sites (tertiary alicyclic amines) is 1. The number of aromatic nitrogens is 2. The van der Waals surface area contributed by atoms with Crippen LogP contribution in [-0.4, -0.2) is 56.7 Å². The quantitative estimate of drug-likeness (QED) is 0.443. The zero-order valence-electron chi connectivity index (χ0n) is 17.7. The lowest BCUT2D eigenvalue weighted by Crippen LogP contribution is -2.60. The molecule has 2 heterocycles. The lowest BCUT2D eigenvalue weighted by atomic mass is 10.0. The van der Waals surface area contributed by atoms with Crippen LogP contribution in [0.3, 0.4) is 0 Å². The molecule has 0 saturated carbocycles. The molecule has 2 amide bonds. The lowest BCUT2D eigenvalue weighted by molar-refractivity contribution is -0.130. The SMILES string of the molecule is C=CC(=O)N1CC(NC(=O)c2cnc(CNc3cc(CC(F)(F)F)c(C)cc3O)n2C)C1. The van der Waals surface area contributed by atoms with Gasteiger partial charge in [0, 0.05) is 20.1 Å². The van der Waals surface area contributed by atoms with Crippen LogP contribution in [0.15, 0.2) is 31.0 Å². The molecule has 3 rings (SSSR count). The van der Waals surface area contributed by atoms with Gasteiger partial charge in [0.15, 0.2) is 0 Å². The topological polar surface area (TPSA) is 99.5 Å². The highest BCUT2D eigenvalue weighted by molar-refractivity contribution is 5.93. The van der Waals surface area contributed by atoms with Crippen molar-refractivity contribution >= 4 is 17.5 Å². The minimum absolute atomic E-state index is 0.0576. The van der Waals surface area contributed by atoms with E-state index in [1.807, 2.05) is 0 Å². The van der Waals surface area contributed by atoms with Crippen LogP contribution in [0.1, 0.15) is 27.4 Å². The molecule has 1 aliphatic rings. The number of nitrogens with one attached hydrogen (secondary N) is 2. The number of phenols is 1. The van der Waals surface area contributed by atoms with E-state index in [2.05, 4.69) is 22.2 Å². The Balaban J connectivity index is 1.63. The number of nitrogens with zero attached hydrogens (tertiary/aromatic N) is 3. The number of aromatic hydroxyl groups is 1. The van der Waals surface area contributed by atoms with Crippen molar-refractivity contribution in [1.82, 2.24) is 19.8 Å². The van der Waals surface area contributed by atoms with E-state index in [1.165, 1.54) is 31.3 Å². The Morgan fingerprint density at radius 2 is 2.03 bits per heavy atom. The van der Waals surface area contributed by atoms with Crippen molar-refractivity contribution in [3.8, 4) is 5.75 Å². The van der Waals surface area contributed by atoms with Gasteiger partial charge in [-0.05, 0) is 36.3 Å². The predicted molar refractivity (Wildman–Crippen MR) is 111 cm³/mol. The number of benzene rings is 1. The standard InChI is InChI=1S/C21H24F3N5O3/c1-4-19(31)29-10-14(11-29)27-20(32)16-8-26-18(28(16)3)9-25-15-6-13(7-21(22,23)24)12(2)5-17(15)30/h4-6,8,14,25,30H,1,7,9-11H2,2-3H3,(H,27,32). The average molecular weight is 451 g/mol. The minimum Gasteiger partial charge on any atom is -0.506 e. The molecule has 1 aromatic heterocycles. The molecule has 0 unspecified atom stereocenters. The van der Waals surface area contributed by atoms with Crippen LogP contribution in [0.4, 0.5) is 18.9 Å². The number of aryl methyl sites for hydroxylation is 1. The molecule has 8 nitrogen and oxygen atoms in total. The molecule has 0 aliphatic carbocycles. The van der Waals surface area contributed by atoms with Crippen LogP contribution in [0.5, 0.6) is 5.75 Å². The molecule has 2 aromatic rings. The maximum absolute atomic E-state index is 12.8. The van der Waals surface area contributed by atoms with Crippen LogP contribution >= 0.6 is 0 Å². The first-order valence-electron chi connectivity index (χ1n) is 9.84. The van der Waals surface area contributed by atoms with Crippen molar-refractivity contribution in [1.29, 1.82) is 0 Å². The number of carbonyl (C=O) groups is 2. The summed E-state index contributed by atoms with van der Waals surface area (Å²) in [6, 6.07) is 2.38. The molecule has 0 radical (unpaired) electrons. The Labute approximate surface area is 182 Å². The molecule has 0 atom stereocenters. The van der Waals surface area contributed by atoms with Gasteiger partial charge in [-0.2, -0.15) is 13.2 Å². The Morgan fingerprint density at radius 1 is 1.34 bits per heavy atom. The number of anilines is 1. The Morgan fingerprint density at radius 3 is 2.66 bits per heavy atom. The highest BCUT2D eigenvalue weighted by Crippen LogP contribution is 2.31. The molecule has 172 valence electrons. The number of halogens is 3. The maximum Gasteiger partial charge on any atom is 0.393 e. The van der Waals surface area contributed by atoms with Crippen LogP contribution in [0.2, 0.25) is 0 Å². The lowest BCUT2D eigenvalue weighted by Gasteiger charge is -2.38. The fourth-order valence-corrected chi connectivity index (χ4v) is 3.42. The second-order valence-corrected chi connectivity index (χ2v) is 7.68. The number of amides is 2. The van der Waals surface area contributed by atoms with Crippen molar-refractivity contribution in [3.05, 3.63) is 53.6 Å². The van der Waals surface area contributed by atoms with Gasteiger partial charge in [0.05, 0.1) is 30.9 Å². The summed E-state index contributed by atoms with van der Waals surface area (Å²) in [5.74, 6) is -0.275. The zero-order chi connectivity index (χ0) is 23.6. The van der Waals surface area contributed by atoms with Crippen LogP contribution in [0.25, 0.3) is 0 Å². The van der Waals surface area contributed by atoms with E-state index in [-0.39, 0.29) is 41.4 Å². The van der Waals surface area contributed by atoms with E-state index < -0.39 is 12.6 Å². The highest BCUT2D eigenvalue weighted by Gasteiger charge is 2.31. The third-order valence-electron chi connectivity index (χ3n) is 5.30. The number of alkyl halides is 3. The summed E-state index contributed by atoms with van der Waals surface area (Å²) in [6.07, 6.45) is -2.85. The molecule has 1 saturated heterocycles. The highest BCUT2D eigenvalue weighted by atomic mass is 19.4. The Hall–Kier alpha value is -3.50. The Kier molecular flexibility index (Phi) is 6.47. The van der Waals surface area contributed by atoms with Gasteiger partial charge in [0.1, 0.15) is 17.3 Å². The van der Waals surface area contributed by atoms with Crippen LogP contribution in [0, 0.1) is 6.92 Å². The van der Waals surface area contributed by atoms with Crippen molar-refractivity contribution in [2.24, 2.45) is 7.05 Å². The summed E-state index contributed by atoms with van der Waals surface area (Å²) < 4.78 is 39.9. The minimum atomic E-state index is -4.36. The smallest absolute Gasteiger partial charge is 0.393 e. The van der Waals surface area contributed by atoms with E-state index in [9.17, 15) is 27.9 Å². The van der Waals surface area contributed by atoms with Gasteiger partial charge in [-0.1, -0.05) is 6.58 Å². The maximum atomic E-state index is 12.8. The van der Waals surface area contributed by atoms with Crippen molar-refractivity contribution in [2.75, 3.05) is 18.4 Å². The van der Waals surface area contributed by atoms with Gasteiger partial charge < -0.3 is 25.2 Å². The first-order valence-corrected chi connectivity index (χ1v) is 9.84. The van der Waals surface area contributed by atoms with E-state index in [4.69, 9.17) is 0 Å². The number of hydrogen-bond acceptors (Lipinski definition) is 5. The van der Waals surface area contributed by atoms with Gasteiger partial charge in [-0.3, -0.25) is 9.59 Å². The number of imidazole rings is 1. The summed E-state index contributed by atoms with van der Waals surface area (Å²) in [7, 11) is 1.64. The fourth-order valence-electron chi connectivity index (χ4n) is 3.42. The third kappa shape index (κ3) is 5.21. The second kappa shape index (κ2) is 8.93. The zero-order valence-corrected chi connectivity index (χ0v) is 17.7. The fraction of sp³-hybridized carbons (Fsp3) is 0.381. The van der Waals surface area contributed by atoms with Gasteiger partial charge >= 0.3 is 6.18 Å². The summed E-state index contributed by atoms with van der Waals surface area (Å²) in [5.41, 5.74) is 0.833. The van der Waals surface area contributed by atoms with Crippen molar-refractivity contribution in [3.63, 3.8) is 0 Å². The monoisotopic (exact) mass is 451 g/mol. The number of rotatable bonds is 7. The van der Waals surface area contributed by atoms with E-state index in [1.54, 1.807) is 16.5 Å². The van der Waals surface area contributed by atoms with E-state index in [0.29, 0.717) is 30.2 Å². The van der Waals surface area contributed by atoms with E-state index in [0.717, 1.165) is 0 Å². The second-order valence-electron chi connectivity index (χ2n) is 7.68. The first-order chi connectivity index (χ1) is 15.0. The molecular formula is C21H24F3N5O3. The summed E-state index contributed by atoms with van der Waals surface area (Å²) >= 11 is 0. The summed E-state index contributed by atoms with van der Waals surface area (Å²) in [4.78, 5) is 29.7. The van der Waals surface area contributed by atoms with Crippen molar-refractivity contribution in [2.45, 2.75) is 32.1 Å².